The van der Waals surface area contributed by atoms with Crippen LogP contribution in [-0.2, 0) is 0 Å². The van der Waals surface area contributed by atoms with E-state index in [0.717, 1.165) is 24.5 Å². The molecule has 0 aliphatic carbocycles. The highest BCUT2D eigenvalue weighted by Crippen LogP contribution is 2.34. The molecule has 0 aliphatic rings. The van der Waals surface area contributed by atoms with Crippen molar-refractivity contribution in [1.29, 1.82) is 0 Å². The summed E-state index contributed by atoms with van der Waals surface area (Å²) in [6, 6.07) is 6.48. The van der Waals surface area contributed by atoms with E-state index in [4.69, 9.17) is 4.74 Å². The molecule has 0 spiro atoms. The summed E-state index contributed by atoms with van der Waals surface area (Å²) >= 11 is 4.22. The van der Waals surface area contributed by atoms with Crippen LogP contribution in [0.5, 0.6) is 5.75 Å². The average molecular weight is 252 g/mol. The summed E-state index contributed by atoms with van der Waals surface area (Å²) in [4.78, 5) is 0. The molecule has 0 heterocycles. The van der Waals surface area contributed by atoms with E-state index in [1.165, 1.54) is 11.1 Å². The summed E-state index contributed by atoms with van der Waals surface area (Å²) in [5, 5.41) is 0. The molecule has 0 amide bonds. The minimum Gasteiger partial charge on any atom is -0.493 e. The van der Waals surface area contributed by atoms with E-state index in [-0.39, 0.29) is 0 Å². The summed E-state index contributed by atoms with van der Waals surface area (Å²) in [6.07, 6.45) is 0.993. The SMILES string of the molecule is CC(C)c1cccc(C(C)C)c1OCCCS. The van der Waals surface area contributed by atoms with Crippen molar-refractivity contribution in [3.05, 3.63) is 29.3 Å². The van der Waals surface area contributed by atoms with Crippen LogP contribution in [0.2, 0.25) is 0 Å². The Balaban J connectivity index is 3.01. The fourth-order valence-electron chi connectivity index (χ4n) is 1.89. The lowest BCUT2D eigenvalue weighted by molar-refractivity contribution is 0.310. The van der Waals surface area contributed by atoms with Gasteiger partial charge in [-0.2, -0.15) is 12.6 Å². The van der Waals surface area contributed by atoms with Crippen molar-refractivity contribution in [3.8, 4) is 5.75 Å². The summed E-state index contributed by atoms with van der Waals surface area (Å²) in [7, 11) is 0. The number of para-hydroxylation sites is 1. The Kier molecular flexibility index (Phi) is 5.90. The summed E-state index contributed by atoms with van der Waals surface area (Å²) in [6.45, 7) is 9.61. The van der Waals surface area contributed by atoms with Crippen LogP contribution >= 0.6 is 12.6 Å². The standard InChI is InChI=1S/C15H24OS/c1-11(2)13-7-5-8-14(12(3)4)15(13)16-9-6-10-17/h5,7-8,11-12,17H,6,9-10H2,1-4H3. The van der Waals surface area contributed by atoms with Crippen molar-refractivity contribution in [3.63, 3.8) is 0 Å². The quantitative estimate of drug-likeness (QED) is 0.573. The summed E-state index contributed by atoms with van der Waals surface area (Å²) < 4.78 is 5.98. The van der Waals surface area contributed by atoms with Gasteiger partial charge in [-0.1, -0.05) is 45.9 Å². The fraction of sp³-hybridized carbons (Fsp3) is 0.600. The third kappa shape index (κ3) is 3.95. The third-order valence-electron chi connectivity index (χ3n) is 2.87. The van der Waals surface area contributed by atoms with E-state index >= 15 is 0 Å². The lowest BCUT2D eigenvalue weighted by Crippen LogP contribution is -2.05. The zero-order valence-electron chi connectivity index (χ0n) is 11.4. The summed E-state index contributed by atoms with van der Waals surface area (Å²) in [5.41, 5.74) is 2.63. The molecular formula is C15H24OS. The van der Waals surface area contributed by atoms with E-state index in [9.17, 15) is 0 Å². The molecule has 1 rings (SSSR count). The Morgan fingerprint density at radius 2 is 1.59 bits per heavy atom. The van der Waals surface area contributed by atoms with Crippen LogP contribution in [0.1, 0.15) is 57.1 Å². The van der Waals surface area contributed by atoms with Crippen LogP contribution in [0.25, 0.3) is 0 Å². The van der Waals surface area contributed by atoms with Gasteiger partial charge in [0.1, 0.15) is 5.75 Å². The van der Waals surface area contributed by atoms with Crippen molar-refractivity contribution in [2.75, 3.05) is 12.4 Å². The van der Waals surface area contributed by atoms with Gasteiger partial charge in [-0.3, -0.25) is 0 Å². The molecule has 0 saturated carbocycles. The Hall–Kier alpha value is -0.630. The molecule has 17 heavy (non-hydrogen) atoms. The van der Waals surface area contributed by atoms with Gasteiger partial charge >= 0.3 is 0 Å². The lowest BCUT2D eigenvalue weighted by Gasteiger charge is -2.19. The Morgan fingerprint density at radius 1 is 1.06 bits per heavy atom. The molecule has 0 radical (unpaired) electrons. The Labute approximate surface area is 111 Å². The predicted molar refractivity (Wildman–Crippen MR) is 78.6 cm³/mol. The van der Waals surface area contributed by atoms with E-state index in [1.807, 2.05) is 0 Å². The molecular weight excluding hydrogens is 228 g/mol. The van der Waals surface area contributed by atoms with Gasteiger partial charge in [-0.05, 0) is 35.1 Å². The fourth-order valence-corrected chi connectivity index (χ4v) is 2.02. The highest BCUT2D eigenvalue weighted by molar-refractivity contribution is 7.80. The van der Waals surface area contributed by atoms with E-state index in [1.54, 1.807) is 0 Å². The number of benzene rings is 1. The topological polar surface area (TPSA) is 9.23 Å². The second-order valence-electron chi connectivity index (χ2n) is 5.00. The smallest absolute Gasteiger partial charge is 0.126 e. The first-order valence-corrected chi connectivity index (χ1v) is 7.07. The van der Waals surface area contributed by atoms with E-state index in [2.05, 4.69) is 58.5 Å². The lowest BCUT2D eigenvalue weighted by atomic mass is 9.94. The van der Waals surface area contributed by atoms with Gasteiger partial charge in [0.05, 0.1) is 6.61 Å². The number of ether oxygens (including phenoxy) is 1. The molecule has 1 aromatic carbocycles. The third-order valence-corrected chi connectivity index (χ3v) is 3.19. The maximum absolute atomic E-state index is 5.98. The molecule has 1 aromatic rings. The zero-order chi connectivity index (χ0) is 12.8. The van der Waals surface area contributed by atoms with Crippen LogP contribution in [-0.4, -0.2) is 12.4 Å². The first-order chi connectivity index (χ1) is 8.07. The number of thiol groups is 1. The number of rotatable bonds is 6. The number of hydrogen-bond acceptors (Lipinski definition) is 2. The molecule has 0 fully saturated rings. The van der Waals surface area contributed by atoms with Gasteiger partial charge in [0.2, 0.25) is 0 Å². The molecule has 96 valence electrons. The van der Waals surface area contributed by atoms with Crippen LogP contribution in [0.3, 0.4) is 0 Å². The van der Waals surface area contributed by atoms with Gasteiger partial charge in [-0.25, -0.2) is 0 Å². The Morgan fingerprint density at radius 3 is 2.00 bits per heavy atom. The molecule has 0 aromatic heterocycles. The number of hydrogen-bond donors (Lipinski definition) is 1. The van der Waals surface area contributed by atoms with Gasteiger partial charge < -0.3 is 4.74 Å². The van der Waals surface area contributed by atoms with Gasteiger partial charge in [0, 0.05) is 0 Å². The largest absolute Gasteiger partial charge is 0.493 e. The van der Waals surface area contributed by atoms with Crippen LogP contribution < -0.4 is 4.74 Å². The van der Waals surface area contributed by atoms with Crippen molar-refractivity contribution < 1.29 is 4.74 Å². The molecule has 0 bridgehead atoms. The molecule has 0 aliphatic heterocycles. The van der Waals surface area contributed by atoms with Gasteiger partial charge in [0.15, 0.2) is 0 Å². The van der Waals surface area contributed by atoms with E-state index < -0.39 is 0 Å². The molecule has 1 nitrogen and oxygen atoms in total. The molecule has 0 unspecified atom stereocenters. The van der Waals surface area contributed by atoms with Crippen LogP contribution in [0, 0.1) is 0 Å². The highest BCUT2D eigenvalue weighted by atomic mass is 32.1. The summed E-state index contributed by atoms with van der Waals surface area (Å²) in [5.74, 6) is 2.97. The molecule has 2 heteroatoms. The molecule has 0 atom stereocenters. The normalized spacial score (nSPS) is 11.2. The molecule has 0 N–H and O–H groups in total. The van der Waals surface area contributed by atoms with Crippen molar-refractivity contribution in [2.45, 2.75) is 46.0 Å². The van der Waals surface area contributed by atoms with Gasteiger partial charge in [-0.15, -0.1) is 0 Å². The highest BCUT2D eigenvalue weighted by Gasteiger charge is 2.14. The van der Waals surface area contributed by atoms with Crippen LogP contribution in [0.15, 0.2) is 18.2 Å². The molecule has 0 saturated heterocycles. The first kappa shape index (κ1) is 14.4. The maximum Gasteiger partial charge on any atom is 0.126 e. The monoisotopic (exact) mass is 252 g/mol. The van der Waals surface area contributed by atoms with Gasteiger partial charge in [0.25, 0.3) is 0 Å². The van der Waals surface area contributed by atoms with Crippen molar-refractivity contribution in [2.24, 2.45) is 0 Å². The minimum absolute atomic E-state index is 0.500. The second kappa shape index (κ2) is 6.95. The minimum atomic E-state index is 0.500. The van der Waals surface area contributed by atoms with Crippen molar-refractivity contribution in [1.82, 2.24) is 0 Å². The zero-order valence-corrected chi connectivity index (χ0v) is 12.3. The van der Waals surface area contributed by atoms with Crippen LogP contribution in [0.4, 0.5) is 0 Å². The average Bonchev–Trinajstić information content (AvgIpc) is 2.28. The predicted octanol–water partition coefficient (Wildman–Crippen LogP) is 4.63. The van der Waals surface area contributed by atoms with E-state index in [0.29, 0.717) is 11.8 Å². The maximum atomic E-state index is 5.98. The first-order valence-electron chi connectivity index (χ1n) is 6.44. The van der Waals surface area contributed by atoms with Crippen molar-refractivity contribution >= 4 is 12.6 Å². The second-order valence-corrected chi connectivity index (χ2v) is 5.45. The Bertz CT molecular complexity index is 319.